The van der Waals surface area contributed by atoms with E-state index in [1.54, 1.807) is 13.1 Å². The smallest absolute Gasteiger partial charge is 0.306 e. The van der Waals surface area contributed by atoms with Gasteiger partial charge < -0.3 is 5.11 Å². The van der Waals surface area contributed by atoms with Crippen LogP contribution in [0.25, 0.3) is 0 Å². The second-order valence-electron chi connectivity index (χ2n) is 2.83. The lowest BCUT2D eigenvalue weighted by molar-refractivity contribution is -0.141. The van der Waals surface area contributed by atoms with Gasteiger partial charge in [0.25, 0.3) is 0 Å². The standard InChI is InChI=1S/C8H11NO2S/c1-5(6(2)8(10)11)7-3-4-9-12-7/h3-6H,1-2H3,(H,10,11). The zero-order chi connectivity index (χ0) is 9.14. The number of carboxylic acids is 1. The van der Waals surface area contributed by atoms with Crippen LogP contribution in [0.5, 0.6) is 0 Å². The van der Waals surface area contributed by atoms with Gasteiger partial charge in [0.05, 0.1) is 5.92 Å². The van der Waals surface area contributed by atoms with Crippen LogP contribution in [0.3, 0.4) is 0 Å². The molecule has 12 heavy (non-hydrogen) atoms. The fraction of sp³-hybridized carbons (Fsp3) is 0.500. The summed E-state index contributed by atoms with van der Waals surface area (Å²) in [5.41, 5.74) is 0. The summed E-state index contributed by atoms with van der Waals surface area (Å²) in [6.45, 7) is 3.62. The zero-order valence-corrected chi connectivity index (χ0v) is 7.84. The van der Waals surface area contributed by atoms with E-state index in [2.05, 4.69) is 4.37 Å². The van der Waals surface area contributed by atoms with Gasteiger partial charge in [-0.2, -0.15) is 0 Å². The van der Waals surface area contributed by atoms with Gasteiger partial charge in [-0.1, -0.05) is 13.8 Å². The summed E-state index contributed by atoms with van der Waals surface area (Å²) in [5, 5.41) is 8.74. The fourth-order valence-corrected chi connectivity index (χ4v) is 1.66. The molecule has 66 valence electrons. The molecule has 4 heteroatoms. The number of aliphatic carboxylic acids is 1. The largest absolute Gasteiger partial charge is 0.481 e. The van der Waals surface area contributed by atoms with Crippen molar-refractivity contribution in [3.8, 4) is 0 Å². The van der Waals surface area contributed by atoms with Gasteiger partial charge in [-0.15, -0.1) is 0 Å². The Balaban J connectivity index is 2.71. The van der Waals surface area contributed by atoms with Gasteiger partial charge in [-0.05, 0) is 17.6 Å². The lowest BCUT2D eigenvalue weighted by Gasteiger charge is -2.12. The Morgan fingerprint density at radius 1 is 1.67 bits per heavy atom. The molecule has 0 spiro atoms. The third kappa shape index (κ3) is 1.82. The first kappa shape index (κ1) is 9.19. The maximum atomic E-state index is 10.6. The van der Waals surface area contributed by atoms with Crippen LogP contribution in [0.2, 0.25) is 0 Å². The van der Waals surface area contributed by atoms with Gasteiger partial charge in [0.15, 0.2) is 0 Å². The van der Waals surface area contributed by atoms with Crippen molar-refractivity contribution in [2.24, 2.45) is 5.92 Å². The number of nitrogens with zero attached hydrogens (tertiary/aromatic N) is 1. The highest BCUT2D eigenvalue weighted by atomic mass is 32.1. The number of aromatic nitrogens is 1. The van der Waals surface area contributed by atoms with Crippen molar-refractivity contribution >= 4 is 17.5 Å². The van der Waals surface area contributed by atoms with Crippen LogP contribution in [0.1, 0.15) is 24.6 Å². The van der Waals surface area contributed by atoms with Gasteiger partial charge in [0.1, 0.15) is 0 Å². The van der Waals surface area contributed by atoms with Crippen molar-refractivity contribution in [3.05, 3.63) is 17.1 Å². The molecule has 0 aromatic carbocycles. The first-order chi connectivity index (χ1) is 5.63. The second-order valence-corrected chi connectivity index (χ2v) is 3.70. The molecular weight excluding hydrogens is 174 g/mol. The normalized spacial score (nSPS) is 15.5. The van der Waals surface area contributed by atoms with Crippen molar-refractivity contribution in [1.29, 1.82) is 0 Å². The van der Waals surface area contributed by atoms with Crippen LogP contribution < -0.4 is 0 Å². The molecule has 0 saturated carbocycles. The fourth-order valence-electron chi connectivity index (χ4n) is 0.921. The van der Waals surface area contributed by atoms with Crippen molar-refractivity contribution in [2.45, 2.75) is 19.8 Å². The lowest BCUT2D eigenvalue weighted by Crippen LogP contribution is -2.15. The Morgan fingerprint density at radius 3 is 2.75 bits per heavy atom. The number of hydrogen-bond acceptors (Lipinski definition) is 3. The molecule has 1 N–H and O–H groups in total. The summed E-state index contributed by atoms with van der Waals surface area (Å²) < 4.78 is 3.93. The molecule has 0 aliphatic carbocycles. The Labute approximate surface area is 75.2 Å². The Bertz CT molecular complexity index is 258. The molecular formula is C8H11NO2S. The Hall–Kier alpha value is -0.900. The highest BCUT2D eigenvalue weighted by Crippen LogP contribution is 2.26. The maximum Gasteiger partial charge on any atom is 0.306 e. The van der Waals surface area contributed by atoms with Crippen LogP contribution in [0.15, 0.2) is 12.3 Å². The number of carboxylic acid groups (broad SMARTS) is 1. The quantitative estimate of drug-likeness (QED) is 0.783. The molecule has 1 heterocycles. The predicted octanol–water partition coefficient (Wildman–Crippen LogP) is 1.97. The number of carbonyl (C=O) groups is 1. The second kappa shape index (κ2) is 3.67. The summed E-state index contributed by atoms with van der Waals surface area (Å²) in [4.78, 5) is 11.7. The van der Waals surface area contributed by atoms with E-state index in [0.29, 0.717) is 0 Å². The molecule has 0 aliphatic rings. The van der Waals surface area contributed by atoms with Crippen LogP contribution in [0, 0.1) is 5.92 Å². The minimum absolute atomic E-state index is 0.0509. The van der Waals surface area contributed by atoms with Gasteiger partial charge in [0, 0.05) is 17.0 Å². The van der Waals surface area contributed by atoms with Crippen LogP contribution >= 0.6 is 11.5 Å². The predicted molar refractivity (Wildman–Crippen MR) is 47.3 cm³/mol. The first-order valence-electron chi connectivity index (χ1n) is 3.76. The third-order valence-corrected chi connectivity index (χ3v) is 2.99. The van der Waals surface area contributed by atoms with Gasteiger partial charge in [0.2, 0.25) is 0 Å². The van der Waals surface area contributed by atoms with E-state index in [9.17, 15) is 4.79 Å². The Kier molecular flexibility index (Phi) is 2.81. The van der Waals surface area contributed by atoms with Crippen molar-refractivity contribution in [1.82, 2.24) is 4.37 Å². The molecule has 0 saturated heterocycles. The minimum Gasteiger partial charge on any atom is -0.481 e. The molecule has 0 fully saturated rings. The monoisotopic (exact) mass is 185 g/mol. The molecule has 2 unspecified atom stereocenters. The summed E-state index contributed by atoms with van der Waals surface area (Å²) in [7, 11) is 0. The van der Waals surface area contributed by atoms with Crippen LogP contribution in [-0.4, -0.2) is 15.4 Å². The minimum atomic E-state index is -0.754. The average Bonchev–Trinajstić information content (AvgIpc) is 2.53. The van der Waals surface area contributed by atoms with E-state index in [4.69, 9.17) is 5.11 Å². The van der Waals surface area contributed by atoms with Crippen molar-refractivity contribution in [2.75, 3.05) is 0 Å². The van der Waals surface area contributed by atoms with E-state index >= 15 is 0 Å². The van der Waals surface area contributed by atoms with E-state index in [1.807, 2.05) is 13.0 Å². The van der Waals surface area contributed by atoms with E-state index in [1.165, 1.54) is 11.5 Å². The summed E-state index contributed by atoms with van der Waals surface area (Å²) in [5.74, 6) is -1.05. The molecule has 1 rings (SSSR count). The maximum absolute atomic E-state index is 10.6. The molecule has 0 radical (unpaired) electrons. The van der Waals surface area contributed by atoms with Crippen molar-refractivity contribution < 1.29 is 9.90 Å². The number of hydrogen-bond donors (Lipinski definition) is 1. The topological polar surface area (TPSA) is 50.2 Å². The summed E-state index contributed by atoms with van der Waals surface area (Å²) in [6.07, 6.45) is 1.70. The van der Waals surface area contributed by atoms with E-state index in [0.717, 1.165) is 4.88 Å². The first-order valence-corrected chi connectivity index (χ1v) is 4.53. The van der Waals surface area contributed by atoms with Gasteiger partial charge >= 0.3 is 5.97 Å². The number of rotatable bonds is 3. The van der Waals surface area contributed by atoms with E-state index < -0.39 is 5.97 Å². The van der Waals surface area contributed by atoms with Gasteiger partial charge in [-0.25, -0.2) is 4.37 Å². The SMILES string of the molecule is CC(C(=O)O)C(C)c1ccns1. The third-order valence-electron chi connectivity index (χ3n) is 2.05. The zero-order valence-electron chi connectivity index (χ0n) is 7.02. The molecule has 0 bridgehead atoms. The molecule has 1 aromatic heterocycles. The highest BCUT2D eigenvalue weighted by Gasteiger charge is 2.21. The molecule has 0 amide bonds. The molecule has 0 aliphatic heterocycles. The Morgan fingerprint density at radius 2 is 2.33 bits per heavy atom. The van der Waals surface area contributed by atoms with Crippen LogP contribution in [-0.2, 0) is 4.79 Å². The highest BCUT2D eigenvalue weighted by molar-refractivity contribution is 7.05. The molecule has 2 atom stereocenters. The van der Waals surface area contributed by atoms with Crippen LogP contribution in [0.4, 0.5) is 0 Å². The molecule has 3 nitrogen and oxygen atoms in total. The summed E-state index contributed by atoms with van der Waals surface area (Å²) in [6, 6.07) is 1.87. The molecule has 1 aromatic rings. The van der Waals surface area contributed by atoms with Gasteiger partial charge in [-0.3, -0.25) is 4.79 Å². The lowest BCUT2D eigenvalue weighted by atomic mass is 9.95. The summed E-state index contributed by atoms with van der Waals surface area (Å²) >= 11 is 1.36. The average molecular weight is 185 g/mol. The van der Waals surface area contributed by atoms with Crippen molar-refractivity contribution in [3.63, 3.8) is 0 Å². The van der Waals surface area contributed by atoms with E-state index in [-0.39, 0.29) is 11.8 Å².